The van der Waals surface area contributed by atoms with Crippen LogP contribution in [-0.2, 0) is 4.79 Å². The molecule has 0 saturated heterocycles. The second-order valence-electron chi connectivity index (χ2n) is 5.15. The standard InChI is InChI=1S/C15H21NO4/c1-10-3-6-13(14(7-10)19-2)20-9-15(18)16-8-12(17)11-4-5-11/h3,6-7,11-12,17H,4-5,8-9H2,1-2H3,(H,16,18). The van der Waals surface area contributed by atoms with Crippen molar-refractivity contribution in [3.63, 3.8) is 0 Å². The molecule has 5 heteroatoms. The number of hydrogen-bond acceptors (Lipinski definition) is 4. The molecule has 1 atom stereocenters. The van der Waals surface area contributed by atoms with E-state index in [-0.39, 0.29) is 19.1 Å². The first-order valence-corrected chi connectivity index (χ1v) is 6.82. The molecular weight excluding hydrogens is 258 g/mol. The molecule has 0 heterocycles. The second-order valence-corrected chi connectivity index (χ2v) is 5.15. The van der Waals surface area contributed by atoms with Gasteiger partial charge in [0.25, 0.3) is 5.91 Å². The number of ether oxygens (including phenoxy) is 2. The van der Waals surface area contributed by atoms with Crippen LogP contribution < -0.4 is 14.8 Å². The molecule has 1 aromatic rings. The number of aliphatic hydroxyl groups excluding tert-OH is 1. The zero-order valence-corrected chi connectivity index (χ0v) is 11.9. The summed E-state index contributed by atoms with van der Waals surface area (Å²) in [5.74, 6) is 1.26. The fourth-order valence-corrected chi connectivity index (χ4v) is 1.95. The van der Waals surface area contributed by atoms with Gasteiger partial charge in [-0.25, -0.2) is 0 Å². The van der Waals surface area contributed by atoms with Crippen LogP contribution in [-0.4, -0.2) is 37.4 Å². The van der Waals surface area contributed by atoms with Gasteiger partial charge in [0.1, 0.15) is 0 Å². The second kappa shape index (κ2) is 6.61. The first-order valence-electron chi connectivity index (χ1n) is 6.82. The van der Waals surface area contributed by atoms with Gasteiger partial charge in [-0.05, 0) is 43.4 Å². The molecule has 0 aliphatic heterocycles. The fraction of sp³-hybridized carbons (Fsp3) is 0.533. The zero-order chi connectivity index (χ0) is 14.5. The van der Waals surface area contributed by atoms with Crippen molar-refractivity contribution in [3.05, 3.63) is 23.8 Å². The molecule has 110 valence electrons. The Bertz CT molecular complexity index is 471. The lowest BCUT2D eigenvalue weighted by Gasteiger charge is -2.13. The number of carbonyl (C=O) groups excluding carboxylic acids is 1. The molecule has 1 amide bonds. The van der Waals surface area contributed by atoms with Crippen LogP contribution in [0, 0.1) is 12.8 Å². The summed E-state index contributed by atoms with van der Waals surface area (Å²) < 4.78 is 10.6. The van der Waals surface area contributed by atoms with E-state index in [2.05, 4.69) is 5.32 Å². The molecule has 20 heavy (non-hydrogen) atoms. The van der Waals surface area contributed by atoms with Gasteiger partial charge in [-0.2, -0.15) is 0 Å². The van der Waals surface area contributed by atoms with Crippen LogP contribution >= 0.6 is 0 Å². The number of benzene rings is 1. The molecule has 1 aromatic carbocycles. The van der Waals surface area contributed by atoms with Crippen molar-refractivity contribution in [1.29, 1.82) is 0 Å². The molecule has 0 aromatic heterocycles. The van der Waals surface area contributed by atoms with Gasteiger partial charge in [0.2, 0.25) is 0 Å². The number of aryl methyl sites for hydroxylation is 1. The van der Waals surface area contributed by atoms with Crippen LogP contribution in [0.3, 0.4) is 0 Å². The minimum Gasteiger partial charge on any atom is -0.493 e. The van der Waals surface area contributed by atoms with Crippen molar-refractivity contribution >= 4 is 5.91 Å². The number of amides is 1. The average molecular weight is 279 g/mol. The monoisotopic (exact) mass is 279 g/mol. The quantitative estimate of drug-likeness (QED) is 0.788. The molecule has 2 N–H and O–H groups in total. The third-order valence-corrected chi connectivity index (χ3v) is 3.35. The summed E-state index contributed by atoms with van der Waals surface area (Å²) >= 11 is 0. The zero-order valence-electron chi connectivity index (χ0n) is 11.9. The molecule has 2 rings (SSSR count). The molecular formula is C15H21NO4. The molecule has 0 spiro atoms. The number of hydrogen-bond donors (Lipinski definition) is 2. The maximum atomic E-state index is 11.6. The topological polar surface area (TPSA) is 67.8 Å². The van der Waals surface area contributed by atoms with Gasteiger partial charge in [-0.15, -0.1) is 0 Å². The van der Waals surface area contributed by atoms with Gasteiger partial charge in [0.05, 0.1) is 13.2 Å². The predicted molar refractivity (Wildman–Crippen MR) is 75.0 cm³/mol. The summed E-state index contributed by atoms with van der Waals surface area (Å²) in [6, 6.07) is 5.52. The summed E-state index contributed by atoms with van der Waals surface area (Å²) in [7, 11) is 1.56. The van der Waals surface area contributed by atoms with Crippen molar-refractivity contribution in [2.75, 3.05) is 20.3 Å². The summed E-state index contributed by atoms with van der Waals surface area (Å²) in [4.78, 5) is 11.6. The Hall–Kier alpha value is -1.75. The Kier molecular flexibility index (Phi) is 4.84. The minimum absolute atomic E-state index is 0.0865. The van der Waals surface area contributed by atoms with Crippen molar-refractivity contribution in [1.82, 2.24) is 5.32 Å². The fourth-order valence-electron chi connectivity index (χ4n) is 1.95. The van der Waals surface area contributed by atoms with E-state index in [0.29, 0.717) is 17.4 Å². The van der Waals surface area contributed by atoms with Crippen molar-refractivity contribution in [2.24, 2.45) is 5.92 Å². The third-order valence-electron chi connectivity index (χ3n) is 3.35. The number of methoxy groups -OCH3 is 1. The summed E-state index contributed by atoms with van der Waals surface area (Å²) in [5, 5.41) is 12.3. The van der Waals surface area contributed by atoms with E-state index >= 15 is 0 Å². The van der Waals surface area contributed by atoms with Gasteiger partial charge >= 0.3 is 0 Å². The maximum Gasteiger partial charge on any atom is 0.258 e. The van der Waals surface area contributed by atoms with Gasteiger partial charge in [-0.1, -0.05) is 6.07 Å². The van der Waals surface area contributed by atoms with E-state index < -0.39 is 6.10 Å². The molecule has 5 nitrogen and oxygen atoms in total. The smallest absolute Gasteiger partial charge is 0.258 e. The first-order chi connectivity index (χ1) is 9.60. The summed E-state index contributed by atoms with van der Waals surface area (Å²) in [5.41, 5.74) is 1.06. The Balaban J connectivity index is 1.77. The van der Waals surface area contributed by atoms with Gasteiger partial charge in [0, 0.05) is 6.54 Å². The van der Waals surface area contributed by atoms with Crippen LogP contribution in [0.1, 0.15) is 18.4 Å². The predicted octanol–water partition coefficient (Wildman–Crippen LogP) is 1.27. The molecule has 1 aliphatic carbocycles. The largest absolute Gasteiger partial charge is 0.493 e. The van der Waals surface area contributed by atoms with Crippen LogP contribution in [0.4, 0.5) is 0 Å². The van der Waals surface area contributed by atoms with Gasteiger partial charge < -0.3 is 19.9 Å². The van der Waals surface area contributed by atoms with E-state index in [1.807, 2.05) is 19.1 Å². The van der Waals surface area contributed by atoms with E-state index in [1.165, 1.54) is 0 Å². The number of nitrogens with one attached hydrogen (secondary N) is 1. The third kappa shape index (κ3) is 4.13. The molecule has 0 bridgehead atoms. The number of carbonyl (C=O) groups is 1. The van der Waals surface area contributed by atoms with Crippen molar-refractivity contribution in [2.45, 2.75) is 25.9 Å². The van der Waals surface area contributed by atoms with Gasteiger partial charge in [0.15, 0.2) is 18.1 Å². The van der Waals surface area contributed by atoms with Gasteiger partial charge in [-0.3, -0.25) is 4.79 Å². The van der Waals surface area contributed by atoms with Crippen molar-refractivity contribution < 1.29 is 19.4 Å². The van der Waals surface area contributed by atoms with Crippen LogP contribution in [0.15, 0.2) is 18.2 Å². The van der Waals surface area contributed by atoms with E-state index in [0.717, 1.165) is 18.4 Å². The van der Waals surface area contributed by atoms with E-state index in [4.69, 9.17) is 9.47 Å². The van der Waals surface area contributed by atoms with Crippen LogP contribution in [0.2, 0.25) is 0 Å². The molecule has 0 radical (unpaired) electrons. The summed E-state index contributed by atoms with van der Waals surface area (Å²) in [6.45, 7) is 2.16. The van der Waals surface area contributed by atoms with Crippen molar-refractivity contribution in [3.8, 4) is 11.5 Å². The lowest BCUT2D eigenvalue weighted by atomic mass is 10.2. The van der Waals surface area contributed by atoms with E-state index in [9.17, 15) is 9.90 Å². The Morgan fingerprint density at radius 3 is 2.85 bits per heavy atom. The Labute approximate surface area is 118 Å². The number of aliphatic hydroxyl groups is 1. The highest BCUT2D eigenvalue weighted by Gasteiger charge is 2.29. The highest BCUT2D eigenvalue weighted by atomic mass is 16.5. The average Bonchev–Trinajstić information content (AvgIpc) is 3.27. The highest BCUT2D eigenvalue weighted by molar-refractivity contribution is 5.77. The van der Waals surface area contributed by atoms with Crippen LogP contribution in [0.25, 0.3) is 0 Å². The Morgan fingerprint density at radius 2 is 2.20 bits per heavy atom. The lowest BCUT2D eigenvalue weighted by molar-refractivity contribution is -0.123. The SMILES string of the molecule is COc1cc(C)ccc1OCC(=O)NCC(O)C1CC1. The molecule has 1 fully saturated rings. The molecule has 1 saturated carbocycles. The minimum atomic E-state index is -0.437. The lowest BCUT2D eigenvalue weighted by Crippen LogP contribution is -2.36. The summed E-state index contributed by atoms with van der Waals surface area (Å²) in [6.07, 6.45) is 1.66. The van der Waals surface area contributed by atoms with E-state index in [1.54, 1.807) is 13.2 Å². The Morgan fingerprint density at radius 1 is 1.45 bits per heavy atom. The maximum absolute atomic E-state index is 11.6. The molecule has 1 aliphatic rings. The highest BCUT2D eigenvalue weighted by Crippen LogP contribution is 2.32. The van der Waals surface area contributed by atoms with Crippen LogP contribution in [0.5, 0.6) is 11.5 Å². The first kappa shape index (κ1) is 14.7. The normalized spacial score (nSPS) is 15.6. The molecule has 1 unspecified atom stereocenters. The number of rotatable bonds is 7.